The van der Waals surface area contributed by atoms with Crippen molar-refractivity contribution in [2.45, 2.75) is 59.0 Å². The van der Waals surface area contributed by atoms with Crippen molar-refractivity contribution in [3.63, 3.8) is 0 Å². The van der Waals surface area contributed by atoms with Crippen molar-refractivity contribution in [2.75, 3.05) is 6.54 Å². The summed E-state index contributed by atoms with van der Waals surface area (Å²) in [7, 11) is 0. The number of rotatable bonds is 9. The van der Waals surface area contributed by atoms with Crippen molar-refractivity contribution < 1.29 is 0 Å². The Kier molecular flexibility index (Phi) is 6.25. The molecule has 2 aromatic rings. The van der Waals surface area contributed by atoms with Crippen LogP contribution in [-0.2, 0) is 13.0 Å². The van der Waals surface area contributed by atoms with E-state index in [1.807, 2.05) is 10.9 Å². The minimum Gasteiger partial charge on any atom is -0.304 e. The van der Waals surface area contributed by atoms with Crippen LogP contribution in [0.2, 0.25) is 0 Å². The fraction of sp³-hybridized carbons (Fsp3) is 0.714. The summed E-state index contributed by atoms with van der Waals surface area (Å²) in [5.74, 6) is 0. The van der Waals surface area contributed by atoms with Gasteiger partial charge in [-0.05, 0) is 37.3 Å². The Balaban J connectivity index is 2.33. The molecular weight excluding hydrogens is 284 g/mol. The van der Waals surface area contributed by atoms with Gasteiger partial charge in [-0.1, -0.05) is 36.9 Å². The van der Waals surface area contributed by atoms with Crippen LogP contribution in [0.25, 0.3) is 0 Å². The third kappa shape index (κ3) is 3.85. The summed E-state index contributed by atoms with van der Waals surface area (Å²) in [5.41, 5.74) is 2.20. The van der Waals surface area contributed by atoms with Gasteiger partial charge in [0.05, 0.1) is 28.5 Å². The summed E-state index contributed by atoms with van der Waals surface area (Å²) in [6.45, 7) is 8.32. The first kappa shape index (κ1) is 16.0. The zero-order chi connectivity index (χ0) is 15.1. The highest BCUT2D eigenvalue weighted by Crippen LogP contribution is 2.27. The third-order valence-electron chi connectivity index (χ3n) is 3.31. The number of nitrogens with one attached hydrogen (secondary N) is 1. The Bertz CT molecular complexity index is 491. The van der Waals surface area contributed by atoms with Gasteiger partial charge in [0, 0.05) is 6.54 Å². The first-order chi connectivity index (χ1) is 10.3. The van der Waals surface area contributed by atoms with Gasteiger partial charge in [-0.15, -0.1) is 10.2 Å². The van der Waals surface area contributed by atoms with E-state index in [-0.39, 0.29) is 6.04 Å². The van der Waals surface area contributed by atoms with E-state index < -0.39 is 0 Å². The SMILES string of the molecule is CCCNC(c1snnc1CCC)c1cnnn1CCC. The highest BCUT2D eigenvalue weighted by Gasteiger charge is 2.24. The van der Waals surface area contributed by atoms with Crippen LogP contribution in [-0.4, -0.2) is 31.1 Å². The molecule has 7 heteroatoms. The van der Waals surface area contributed by atoms with E-state index in [9.17, 15) is 0 Å². The van der Waals surface area contributed by atoms with Crippen LogP contribution in [0.15, 0.2) is 6.20 Å². The Hall–Kier alpha value is -1.34. The standard InChI is InChI=1S/C14H24N6S/c1-4-7-11-14(21-19-17-11)13(15-8-5-2)12-10-16-18-20(12)9-6-3/h10,13,15H,4-9H2,1-3H3. The van der Waals surface area contributed by atoms with Crippen molar-refractivity contribution in [3.8, 4) is 0 Å². The number of nitrogens with zero attached hydrogens (tertiary/aromatic N) is 5. The minimum absolute atomic E-state index is 0.0908. The second-order valence-electron chi connectivity index (χ2n) is 5.10. The lowest BCUT2D eigenvalue weighted by Gasteiger charge is -2.18. The van der Waals surface area contributed by atoms with Crippen molar-refractivity contribution in [2.24, 2.45) is 0 Å². The van der Waals surface area contributed by atoms with Gasteiger partial charge in [-0.25, -0.2) is 4.68 Å². The van der Waals surface area contributed by atoms with Crippen LogP contribution in [0.1, 0.15) is 62.3 Å². The van der Waals surface area contributed by atoms with Crippen LogP contribution >= 0.6 is 11.5 Å². The first-order valence-electron chi connectivity index (χ1n) is 7.74. The molecular formula is C14H24N6S. The predicted molar refractivity (Wildman–Crippen MR) is 84.4 cm³/mol. The summed E-state index contributed by atoms with van der Waals surface area (Å²) in [6.07, 6.45) is 6.02. The summed E-state index contributed by atoms with van der Waals surface area (Å²) in [4.78, 5) is 1.20. The highest BCUT2D eigenvalue weighted by molar-refractivity contribution is 7.05. The second kappa shape index (κ2) is 8.19. The van der Waals surface area contributed by atoms with E-state index >= 15 is 0 Å². The summed E-state index contributed by atoms with van der Waals surface area (Å²) in [5, 5.41) is 16.2. The summed E-state index contributed by atoms with van der Waals surface area (Å²) < 4.78 is 6.15. The van der Waals surface area contributed by atoms with Crippen LogP contribution in [0.3, 0.4) is 0 Å². The first-order valence-corrected chi connectivity index (χ1v) is 8.51. The van der Waals surface area contributed by atoms with E-state index in [0.29, 0.717) is 0 Å². The average Bonchev–Trinajstić information content (AvgIpc) is 3.11. The lowest BCUT2D eigenvalue weighted by molar-refractivity contribution is 0.505. The molecule has 0 saturated carbocycles. The Morgan fingerprint density at radius 1 is 1.24 bits per heavy atom. The fourth-order valence-corrected chi connectivity index (χ4v) is 3.13. The van der Waals surface area contributed by atoms with E-state index in [4.69, 9.17) is 0 Å². The fourth-order valence-electron chi connectivity index (χ4n) is 2.34. The van der Waals surface area contributed by atoms with Crippen molar-refractivity contribution in [3.05, 3.63) is 22.5 Å². The van der Waals surface area contributed by atoms with E-state index in [2.05, 4.69) is 46.0 Å². The van der Waals surface area contributed by atoms with Crippen LogP contribution < -0.4 is 5.32 Å². The molecule has 2 heterocycles. The zero-order valence-corrected chi connectivity index (χ0v) is 13.9. The quantitative estimate of drug-likeness (QED) is 0.771. The lowest BCUT2D eigenvalue weighted by atomic mass is 10.1. The molecule has 1 N–H and O–H groups in total. The third-order valence-corrected chi connectivity index (χ3v) is 4.14. The molecule has 0 bridgehead atoms. The topological polar surface area (TPSA) is 68.5 Å². The molecule has 6 nitrogen and oxygen atoms in total. The van der Waals surface area contributed by atoms with Gasteiger partial charge in [0.2, 0.25) is 0 Å². The van der Waals surface area contributed by atoms with Crippen LogP contribution in [0.4, 0.5) is 0 Å². The second-order valence-corrected chi connectivity index (χ2v) is 5.89. The molecule has 0 aliphatic rings. The van der Waals surface area contributed by atoms with E-state index in [1.165, 1.54) is 16.4 Å². The zero-order valence-electron chi connectivity index (χ0n) is 13.0. The van der Waals surface area contributed by atoms with Gasteiger partial charge in [-0.3, -0.25) is 0 Å². The van der Waals surface area contributed by atoms with Crippen molar-refractivity contribution in [1.29, 1.82) is 0 Å². The smallest absolute Gasteiger partial charge is 0.0893 e. The Morgan fingerprint density at radius 2 is 2.10 bits per heavy atom. The molecule has 0 amide bonds. The van der Waals surface area contributed by atoms with Crippen LogP contribution in [0, 0.1) is 0 Å². The molecule has 2 rings (SSSR count). The van der Waals surface area contributed by atoms with Gasteiger partial charge in [-0.2, -0.15) is 0 Å². The van der Waals surface area contributed by atoms with Gasteiger partial charge in [0.25, 0.3) is 0 Å². The maximum atomic E-state index is 4.30. The molecule has 0 aliphatic heterocycles. The summed E-state index contributed by atoms with van der Waals surface area (Å²) in [6, 6.07) is 0.0908. The monoisotopic (exact) mass is 308 g/mol. The maximum Gasteiger partial charge on any atom is 0.0893 e. The molecule has 0 aliphatic carbocycles. The molecule has 2 aromatic heterocycles. The lowest BCUT2D eigenvalue weighted by Crippen LogP contribution is -2.26. The van der Waals surface area contributed by atoms with Gasteiger partial charge >= 0.3 is 0 Å². The van der Waals surface area contributed by atoms with Gasteiger partial charge in [0.15, 0.2) is 0 Å². The predicted octanol–water partition coefficient (Wildman–Crippen LogP) is 2.58. The number of hydrogen-bond acceptors (Lipinski definition) is 6. The molecule has 0 saturated heterocycles. The van der Waals surface area contributed by atoms with Gasteiger partial charge < -0.3 is 5.32 Å². The molecule has 116 valence electrons. The largest absolute Gasteiger partial charge is 0.304 e. The molecule has 0 aromatic carbocycles. The number of aromatic nitrogens is 5. The number of hydrogen-bond donors (Lipinski definition) is 1. The van der Waals surface area contributed by atoms with Gasteiger partial charge in [0.1, 0.15) is 0 Å². The van der Waals surface area contributed by atoms with Crippen LogP contribution in [0.5, 0.6) is 0 Å². The van der Waals surface area contributed by atoms with Crippen molar-refractivity contribution >= 4 is 11.5 Å². The normalized spacial score (nSPS) is 12.7. The molecule has 1 atom stereocenters. The molecule has 0 spiro atoms. The molecule has 21 heavy (non-hydrogen) atoms. The summed E-state index contributed by atoms with van der Waals surface area (Å²) >= 11 is 1.48. The van der Waals surface area contributed by atoms with Crippen molar-refractivity contribution in [1.82, 2.24) is 29.9 Å². The molecule has 1 unspecified atom stereocenters. The highest BCUT2D eigenvalue weighted by atomic mass is 32.1. The Labute approximate surface area is 130 Å². The molecule has 0 fully saturated rings. The average molecular weight is 308 g/mol. The Morgan fingerprint density at radius 3 is 2.81 bits per heavy atom. The molecule has 0 radical (unpaired) electrons. The maximum absolute atomic E-state index is 4.30. The number of aryl methyl sites for hydroxylation is 2. The van der Waals surface area contributed by atoms with E-state index in [0.717, 1.165) is 50.2 Å². The minimum atomic E-state index is 0.0908. The van der Waals surface area contributed by atoms with E-state index in [1.54, 1.807) is 0 Å².